The number of nitrogens with zero attached hydrogens (tertiary/aromatic N) is 1. The normalized spacial score (nSPS) is 15.1. The van der Waals surface area contributed by atoms with Gasteiger partial charge in [-0.15, -0.1) is 0 Å². The minimum atomic E-state index is 0.0373. The second-order valence-electron chi connectivity index (χ2n) is 5.08. The van der Waals surface area contributed by atoms with Gasteiger partial charge in [-0.3, -0.25) is 4.90 Å². The maximum Gasteiger partial charge on any atom is 0.0596 e. The first kappa shape index (κ1) is 15.2. The van der Waals surface area contributed by atoms with Crippen LogP contribution in [0.4, 0.5) is 0 Å². The van der Waals surface area contributed by atoms with E-state index in [4.69, 9.17) is 10.5 Å². The van der Waals surface area contributed by atoms with Gasteiger partial charge in [0.05, 0.1) is 12.7 Å². The molecule has 0 aliphatic rings. The molecule has 0 fully saturated rings. The third-order valence-corrected chi connectivity index (χ3v) is 3.29. The molecule has 0 bridgehead atoms. The largest absolute Gasteiger partial charge is 0.377 e. The van der Waals surface area contributed by atoms with Gasteiger partial charge in [-0.1, -0.05) is 30.3 Å². The van der Waals surface area contributed by atoms with Gasteiger partial charge in [0.15, 0.2) is 0 Å². The molecule has 0 aromatic heterocycles. The van der Waals surface area contributed by atoms with E-state index in [9.17, 15) is 0 Å². The van der Waals surface area contributed by atoms with Gasteiger partial charge in [0.1, 0.15) is 0 Å². The maximum atomic E-state index is 6.29. The Morgan fingerprint density at radius 3 is 2.33 bits per heavy atom. The van der Waals surface area contributed by atoms with Crippen molar-refractivity contribution < 1.29 is 4.74 Å². The second-order valence-corrected chi connectivity index (χ2v) is 5.08. The van der Waals surface area contributed by atoms with Crippen molar-refractivity contribution in [1.29, 1.82) is 0 Å². The predicted octanol–water partition coefficient (Wildman–Crippen LogP) is 2.43. The minimum absolute atomic E-state index is 0.0373. The van der Waals surface area contributed by atoms with E-state index in [1.807, 2.05) is 18.2 Å². The lowest BCUT2D eigenvalue weighted by Gasteiger charge is -2.30. The van der Waals surface area contributed by atoms with E-state index in [2.05, 4.69) is 44.9 Å². The highest BCUT2D eigenvalue weighted by molar-refractivity contribution is 5.19. The Morgan fingerprint density at radius 2 is 1.78 bits per heavy atom. The first-order chi connectivity index (χ1) is 8.52. The molecule has 0 heterocycles. The maximum absolute atomic E-state index is 6.29. The molecule has 0 saturated heterocycles. The molecule has 2 N–H and O–H groups in total. The van der Waals surface area contributed by atoms with Gasteiger partial charge in [-0.2, -0.15) is 0 Å². The molecule has 2 unspecified atom stereocenters. The summed E-state index contributed by atoms with van der Waals surface area (Å²) in [6.45, 7) is 7.92. The summed E-state index contributed by atoms with van der Waals surface area (Å²) in [5, 5.41) is 0. The highest BCUT2D eigenvalue weighted by Crippen LogP contribution is 2.17. The first-order valence-electron chi connectivity index (χ1n) is 6.64. The highest BCUT2D eigenvalue weighted by atomic mass is 16.5. The quantitative estimate of drug-likeness (QED) is 0.808. The fraction of sp³-hybridized carbons (Fsp3) is 0.600. The summed E-state index contributed by atoms with van der Waals surface area (Å²) >= 11 is 0. The van der Waals surface area contributed by atoms with Crippen molar-refractivity contribution in [3.05, 3.63) is 35.9 Å². The van der Waals surface area contributed by atoms with Crippen LogP contribution < -0.4 is 5.73 Å². The van der Waals surface area contributed by atoms with Crippen LogP contribution in [-0.4, -0.2) is 37.2 Å². The summed E-state index contributed by atoms with van der Waals surface area (Å²) in [5.41, 5.74) is 7.47. The average Bonchev–Trinajstić information content (AvgIpc) is 2.37. The molecule has 18 heavy (non-hydrogen) atoms. The number of hydrogen-bond acceptors (Lipinski definition) is 3. The summed E-state index contributed by atoms with van der Waals surface area (Å²) in [5.74, 6) is 0. The minimum Gasteiger partial charge on any atom is -0.377 e. The molecule has 0 amide bonds. The van der Waals surface area contributed by atoms with Crippen molar-refractivity contribution in [3.8, 4) is 0 Å². The first-order valence-corrected chi connectivity index (χ1v) is 6.64. The van der Waals surface area contributed by atoms with Crippen LogP contribution in [0.1, 0.15) is 32.4 Å². The Morgan fingerprint density at radius 1 is 1.17 bits per heavy atom. The topological polar surface area (TPSA) is 38.5 Å². The molecule has 3 heteroatoms. The molecule has 0 saturated carbocycles. The molecule has 0 aliphatic carbocycles. The van der Waals surface area contributed by atoms with Crippen LogP contribution in [0.15, 0.2) is 30.3 Å². The van der Waals surface area contributed by atoms with Crippen molar-refractivity contribution in [1.82, 2.24) is 4.90 Å². The smallest absolute Gasteiger partial charge is 0.0596 e. The van der Waals surface area contributed by atoms with Crippen molar-refractivity contribution in [2.75, 3.05) is 20.2 Å². The van der Waals surface area contributed by atoms with Crippen LogP contribution >= 0.6 is 0 Å². The zero-order chi connectivity index (χ0) is 13.5. The fourth-order valence-electron chi connectivity index (χ4n) is 1.86. The Labute approximate surface area is 111 Å². The van der Waals surface area contributed by atoms with Gasteiger partial charge in [0.25, 0.3) is 0 Å². The number of hydrogen-bond donors (Lipinski definition) is 1. The lowest BCUT2D eigenvalue weighted by Crippen LogP contribution is -2.40. The van der Waals surface area contributed by atoms with E-state index in [0.717, 1.165) is 13.2 Å². The standard InChI is InChI=1S/C15H26N2O/c1-12(2)18-11-10-17(4)13(3)15(16)14-8-6-5-7-9-14/h5-9,12-13,15H,10-11,16H2,1-4H3. The zero-order valence-corrected chi connectivity index (χ0v) is 12.0. The average molecular weight is 250 g/mol. The third kappa shape index (κ3) is 4.77. The molecule has 0 spiro atoms. The Balaban J connectivity index is 2.45. The van der Waals surface area contributed by atoms with E-state index in [1.165, 1.54) is 5.56 Å². The molecule has 1 aromatic rings. The van der Waals surface area contributed by atoms with Crippen LogP contribution in [0, 0.1) is 0 Å². The summed E-state index contributed by atoms with van der Waals surface area (Å²) in [6.07, 6.45) is 0.288. The fourth-order valence-corrected chi connectivity index (χ4v) is 1.86. The molecule has 0 radical (unpaired) electrons. The van der Waals surface area contributed by atoms with Crippen LogP contribution in [0.5, 0.6) is 0 Å². The monoisotopic (exact) mass is 250 g/mol. The van der Waals surface area contributed by atoms with Crippen molar-refractivity contribution in [2.24, 2.45) is 5.73 Å². The molecular weight excluding hydrogens is 224 g/mol. The molecule has 0 aliphatic heterocycles. The number of ether oxygens (including phenoxy) is 1. The van der Waals surface area contributed by atoms with Crippen molar-refractivity contribution in [3.63, 3.8) is 0 Å². The van der Waals surface area contributed by atoms with Crippen molar-refractivity contribution in [2.45, 2.75) is 39.0 Å². The SMILES string of the molecule is CC(C)OCCN(C)C(C)C(N)c1ccccc1. The summed E-state index contributed by atoms with van der Waals surface area (Å²) in [6, 6.07) is 10.6. The van der Waals surface area contributed by atoms with E-state index in [0.29, 0.717) is 6.04 Å². The van der Waals surface area contributed by atoms with E-state index < -0.39 is 0 Å². The summed E-state index contributed by atoms with van der Waals surface area (Å²) < 4.78 is 5.57. The van der Waals surface area contributed by atoms with Crippen molar-refractivity contribution >= 4 is 0 Å². The highest BCUT2D eigenvalue weighted by Gasteiger charge is 2.18. The summed E-state index contributed by atoms with van der Waals surface area (Å²) in [4.78, 5) is 2.25. The summed E-state index contributed by atoms with van der Waals surface area (Å²) in [7, 11) is 2.09. The molecule has 3 nitrogen and oxygen atoms in total. The molecule has 102 valence electrons. The van der Waals surface area contributed by atoms with Crippen LogP contribution in [0.3, 0.4) is 0 Å². The Hall–Kier alpha value is -0.900. The zero-order valence-electron chi connectivity index (χ0n) is 12.0. The van der Waals surface area contributed by atoms with E-state index >= 15 is 0 Å². The van der Waals surface area contributed by atoms with E-state index in [-0.39, 0.29) is 12.1 Å². The van der Waals surface area contributed by atoms with Gasteiger partial charge in [0.2, 0.25) is 0 Å². The van der Waals surface area contributed by atoms with E-state index in [1.54, 1.807) is 0 Å². The second kappa shape index (κ2) is 7.52. The Kier molecular flexibility index (Phi) is 6.33. The van der Waals surface area contributed by atoms with Crippen LogP contribution in [0.2, 0.25) is 0 Å². The van der Waals surface area contributed by atoms with Gasteiger partial charge in [0, 0.05) is 18.6 Å². The Bertz CT molecular complexity index is 327. The lowest BCUT2D eigenvalue weighted by molar-refractivity contribution is 0.0549. The molecular formula is C15H26N2O. The number of likely N-dealkylation sites (N-methyl/N-ethyl adjacent to an activating group) is 1. The lowest BCUT2D eigenvalue weighted by atomic mass is 10.0. The molecule has 1 rings (SSSR count). The number of benzene rings is 1. The van der Waals surface area contributed by atoms with Gasteiger partial charge < -0.3 is 10.5 Å². The van der Waals surface area contributed by atoms with Crippen LogP contribution in [-0.2, 0) is 4.74 Å². The molecule has 2 atom stereocenters. The van der Waals surface area contributed by atoms with Crippen LogP contribution in [0.25, 0.3) is 0 Å². The van der Waals surface area contributed by atoms with Gasteiger partial charge in [-0.05, 0) is 33.4 Å². The third-order valence-electron chi connectivity index (χ3n) is 3.29. The van der Waals surface area contributed by atoms with Gasteiger partial charge >= 0.3 is 0 Å². The van der Waals surface area contributed by atoms with Gasteiger partial charge in [-0.25, -0.2) is 0 Å². The molecule has 1 aromatic carbocycles. The predicted molar refractivity (Wildman–Crippen MR) is 76.6 cm³/mol. The number of rotatable bonds is 7. The number of nitrogens with two attached hydrogens (primary N) is 1.